The molecule has 0 amide bonds. The quantitative estimate of drug-likeness (QED) is 0.326. The predicted octanol–water partition coefficient (Wildman–Crippen LogP) is 4.66. The Bertz CT molecular complexity index is 981. The molecule has 142 valence electrons. The lowest BCUT2D eigenvalue weighted by Gasteiger charge is -2.23. The molecule has 0 saturated carbocycles. The first kappa shape index (κ1) is 19.2. The number of para-hydroxylation sites is 1. The third-order valence-electron chi connectivity index (χ3n) is 4.83. The summed E-state index contributed by atoms with van der Waals surface area (Å²) in [5.41, 5.74) is 1.31. The van der Waals surface area contributed by atoms with Gasteiger partial charge in [0.1, 0.15) is 0 Å². The second-order valence-electron chi connectivity index (χ2n) is 6.47. The molecule has 1 heterocycles. The summed E-state index contributed by atoms with van der Waals surface area (Å²) in [7, 11) is 0. The Kier molecular flexibility index (Phi) is 5.79. The Morgan fingerprint density at radius 2 is 1.75 bits per heavy atom. The van der Waals surface area contributed by atoms with E-state index in [1.165, 1.54) is 0 Å². The van der Waals surface area contributed by atoms with Gasteiger partial charge in [-0.1, -0.05) is 55.5 Å². The second kappa shape index (κ2) is 8.43. The number of nitro groups is 1. The number of carbonyl (C=O) groups excluding carboxylic acids is 1. The largest absolute Gasteiger partial charge is 0.297 e. The Morgan fingerprint density at radius 1 is 1.14 bits per heavy atom. The van der Waals surface area contributed by atoms with E-state index < -0.39 is 16.8 Å². The van der Waals surface area contributed by atoms with E-state index in [-0.39, 0.29) is 17.3 Å². The third kappa shape index (κ3) is 3.76. The zero-order valence-corrected chi connectivity index (χ0v) is 15.6. The predicted molar refractivity (Wildman–Crippen MR) is 107 cm³/mol. The van der Waals surface area contributed by atoms with Crippen molar-refractivity contribution in [3.05, 3.63) is 107 Å². The summed E-state index contributed by atoms with van der Waals surface area (Å²) in [6.07, 6.45) is 3.70. The molecule has 2 atom stereocenters. The molecule has 0 N–H and O–H groups in total. The molecular weight excluding hydrogens is 354 g/mol. The molecule has 0 radical (unpaired) electrons. The van der Waals surface area contributed by atoms with E-state index >= 15 is 0 Å². The van der Waals surface area contributed by atoms with Crippen LogP contribution >= 0.6 is 0 Å². The van der Waals surface area contributed by atoms with Gasteiger partial charge in [0.2, 0.25) is 11.5 Å². The summed E-state index contributed by atoms with van der Waals surface area (Å²) in [6.45, 7) is 5.51. The molecule has 0 fully saturated rings. The maximum Gasteiger partial charge on any atom is 0.247 e. The lowest BCUT2D eigenvalue weighted by molar-refractivity contribution is -0.430. The number of allylic oxidation sites excluding steroid dienone is 1. The fourth-order valence-electron chi connectivity index (χ4n) is 3.45. The lowest BCUT2D eigenvalue weighted by Crippen LogP contribution is -2.27. The molecule has 3 rings (SSSR count). The number of benzene rings is 2. The highest BCUT2D eigenvalue weighted by Gasteiger charge is 2.38. The molecule has 0 spiro atoms. The Balaban J connectivity index is 2.04. The van der Waals surface area contributed by atoms with Crippen molar-refractivity contribution in [1.29, 1.82) is 0 Å². The molecule has 0 aliphatic carbocycles. The summed E-state index contributed by atoms with van der Waals surface area (Å²) >= 11 is 0. The average Bonchev–Trinajstić information content (AvgIpc) is 3.22. The van der Waals surface area contributed by atoms with E-state index in [1.807, 2.05) is 43.3 Å². The van der Waals surface area contributed by atoms with Crippen LogP contribution in [0.2, 0.25) is 0 Å². The van der Waals surface area contributed by atoms with Crippen LogP contribution in [0.1, 0.15) is 35.4 Å². The van der Waals surface area contributed by atoms with E-state index in [2.05, 4.69) is 11.6 Å². The zero-order chi connectivity index (χ0) is 20.1. The minimum absolute atomic E-state index is 0.191. The highest BCUT2D eigenvalue weighted by molar-refractivity contribution is 5.96. The van der Waals surface area contributed by atoms with Crippen molar-refractivity contribution in [2.45, 2.75) is 19.3 Å². The minimum Gasteiger partial charge on any atom is -0.297 e. The van der Waals surface area contributed by atoms with Crippen LogP contribution in [-0.4, -0.2) is 20.3 Å². The minimum atomic E-state index is -0.727. The van der Waals surface area contributed by atoms with Gasteiger partial charge >= 0.3 is 0 Å². The van der Waals surface area contributed by atoms with Crippen molar-refractivity contribution in [3.8, 4) is 5.69 Å². The number of imidazole rings is 1. The number of hydrogen-bond donors (Lipinski definition) is 0. The first-order chi connectivity index (χ1) is 13.5. The van der Waals surface area contributed by atoms with Crippen molar-refractivity contribution in [2.75, 3.05) is 0 Å². The maximum absolute atomic E-state index is 13.4. The Morgan fingerprint density at radius 3 is 2.32 bits per heavy atom. The number of aromatic nitrogens is 2. The second-order valence-corrected chi connectivity index (χ2v) is 6.47. The van der Waals surface area contributed by atoms with Gasteiger partial charge in [-0.3, -0.25) is 19.5 Å². The van der Waals surface area contributed by atoms with Crippen molar-refractivity contribution in [3.63, 3.8) is 0 Å². The van der Waals surface area contributed by atoms with E-state index in [4.69, 9.17) is 0 Å². The van der Waals surface area contributed by atoms with E-state index in [0.29, 0.717) is 12.0 Å². The number of carbonyl (C=O) groups is 1. The number of ketones is 1. The SMILES string of the molecule is C=C([C@@H](c1ccccc1)[C@H](CC)C(=O)c1nccn1-c1ccccc1)[N+](=O)[O-]. The molecule has 0 aliphatic rings. The van der Waals surface area contributed by atoms with Gasteiger partial charge in [0.15, 0.2) is 5.82 Å². The van der Waals surface area contributed by atoms with Crippen molar-refractivity contribution < 1.29 is 9.72 Å². The zero-order valence-electron chi connectivity index (χ0n) is 15.6. The third-order valence-corrected chi connectivity index (χ3v) is 4.83. The van der Waals surface area contributed by atoms with Crippen LogP contribution in [0.5, 0.6) is 0 Å². The maximum atomic E-state index is 13.4. The van der Waals surface area contributed by atoms with Gasteiger partial charge in [-0.2, -0.15) is 0 Å². The molecule has 0 bridgehead atoms. The Labute approximate surface area is 163 Å². The van der Waals surface area contributed by atoms with Crippen molar-refractivity contribution in [1.82, 2.24) is 9.55 Å². The molecule has 0 saturated heterocycles. The van der Waals surface area contributed by atoms with Crippen LogP contribution in [0.25, 0.3) is 5.69 Å². The van der Waals surface area contributed by atoms with Gasteiger partial charge in [-0.05, 0) is 30.7 Å². The normalized spacial score (nSPS) is 12.9. The van der Waals surface area contributed by atoms with Crippen LogP contribution in [0.4, 0.5) is 0 Å². The highest BCUT2D eigenvalue weighted by Crippen LogP contribution is 2.35. The van der Waals surface area contributed by atoms with Gasteiger partial charge in [0.25, 0.3) is 0 Å². The average molecular weight is 375 g/mol. The summed E-state index contributed by atoms with van der Waals surface area (Å²) in [5, 5.41) is 11.5. The molecule has 28 heavy (non-hydrogen) atoms. The molecular formula is C22H21N3O3. The van der Waals surface area contributed by atoms with E-state index in [0.717, 1.165) is 5.69 Å². The van der Waals surface area contributed by atoms with Gasteiger partial charge in [0.05, 0.1) is 10.8 Å². The van der Waals surface area contributed by atoms with Gasteiger partial charge in [-0.25, -0.2) is 4.98 Å². The first-order valence-corrected chi connectivity index (χ1v) is 9.05. The summed E-state index contributed by atoms with van der Waals surface area (Å²) in [5.74, 6) is -1.36. The van der Waals surface area contributed by atoms with Crippen molar-refractivity contribution in [2.24, 2.45) is 5.92 Å². The fourth-order valence-corrected chi connectivity index (χ4v) is 3.45. The summed E-state index contributed by atoms with van der Waals surface area (Å²) in [4.78, 5) is 28.7. The summed E-state index contributed by atoms with van der Waals surface area (Å²) in [6, 6.07) is 18.4. The lowest BCUT2D eigenvalue weighted by atomic mass is 9.79. The smallest absolute Gasteiger partial charge is 0.247 e. The standard InChI is InChI=1S/C22H21N3O3/c1-3-19(20(16(2)25(27)28)17-10-6-4-7-11-17)21(26)22-23-14-15-24(22)18-12-8-5-9-13-18/h4-15,19-20H,2-3H2,1H3/t19-,20-/m0/s1. The molecule has 1 aromatic heterocycles. The van der Waals surface area contributed by atoms with Crippen LogP contribution in [-0.2, 0) is 0 Å². The molecule has 6 heteroatoms. The van der Waals surface area contributed by atoms with E-state index in [9.17, 15) is 14.9 Å². The van der Waals surface area contributed by atoms with Crippen molar-refractivity contribution >= 4 is 5.78 Å². The summed E-state index contributed by atoms with van der Waals surface area (Å²) < 4.78 is 1.71. The van der Waals surface area contributed by atoms with Gasteiger partial charge in [-0.15, -0.1) is 0 Å². The molecule has 6 nitrogen and oxygen atoms in total. The van der Waals surface area contributed by atoms with E-state index in [1.54, 1.807) is 41.2 Å². The fraction of sp³-hybridized carbons (Fsp3) is 0.182. The molecule has 0 aliphatic heterocycles. The molecule has 0 unspecified atom stereocenters. The number of Topliss-reactive ketones (excluding diaryl/α,β-unsaturated/α-hetero) is 1. The monoisotopic (exact) mass is 375 g/mol. The first-order valence-electron chi connectivity index (χ1n) is 9.05. The topological polar surface area (TPSA) is 78.0 Å². The van der Waals surface area contributed by atoms with Crippen LogP contribution < -0.4 is 0 Å². The number of hydrogen-bond acceptors (Lipinski definition) is 4. The number of rotatable bonds is 8. The molecule has 2 aromatic carbocycles. The van der Waals surface area contributed by atoms with Gasteiger partial charge < -0.3 is 0 Å². The van der Waals surface area contributed by atoms with Crippen LogP contribution in [0, 0.1) is 16.0 Å². The number of nitrogens with zero attached hydrogens (tertiary/aromatic N) is 3. The van der Waals surface area contributed by atoms with Crippen LogP contribution in [0.15, 0.2) is 85.3 Å². The Hall–Kier alpha value is -3.54. The van der Waals surface area contributed by atoms with Gasteiger partial charge in [0, 0.05) is 24.0 Å². The molecule has 3 aromatic rings. The van der Waals surface area contributed by atoms with Crippen LogP contribution in [0.3, 0.4) is 0 Å². The highest BCUT2D eigenvalue weighted by atomic mass is 16.6.